The third kappa shape index (κ3) is 5.31. The zero-order chi connectivity index (χ0) is 26.4. The van der Waals surface area contributed by atoms with Gasteiger partial charge in [-0.25, -0.2) is 5.43 Å². The molecule has 1 atom stereocenters. The summed E-state index contributed by atoms with van der Waals surface area (Å²) in [6, 6.07) is 21.1. The van der Waals surface area contributed by atoms with Crippen molar-refractivity contribution in [2.24, 2.45) is 5.10 Å². The van der Waals surface area contributed by atoms with Crippen molar-refractivity contribution in [3.63, 3.8) is 0 Å². The molecule has 3 aromatic rings. The van der Waals surface area contributed by atoms with Crippen LogP contribution in [0.25, 0.3) is 0 Å². The number of ether oxygens (including phenoxy) is 3. The number of carbonyl (C=O) groups is 1. The average molecular weight is 500 g/mol. The summed E-state index contributed by atoms with van der Waals surface area (Å²) in [5.41, 5.74) is 7.18. The molecule has 0 aliphatic carbocycles. The summed E-state index contributed by atoms with van der Waals surface area (Å²) in [6.07, 6.45) is 4.30. The zero-order valence-corrected chi connectivity index (χ0v) is 21.9. The number of allylic oxidation sites excluding steroid dienone is 2. The molecule has 0 fully saturated rings. The molecule has 7 nitrogen and oxygen atoms in total. The van der Waals surface area contributed by atoms with E-state index in [2.05, 4.69) is 41.4 Å². The van der Waals surface area contributed by atoms with Crippen LogP contribution in [0.4, 0.5) is 5.69 Å². The van der Waals surface area contributed by atoms with Crippen LogP contribution in [0.15, 0.2) is 83.6 Å². The van der Waals surface area contributed by atoms with E-state index in [1.807, 2.05) is 48.5 Å². The maximum Gasteiger partial charge on any atom is 0.271 e. The van der Waals surface area contributed by atoms with Crippen molar-refractivity contribution in [1.82, 2.24) is 5.43 Å². The molecule has 192 valence electrons. The maximum atomic E-state index is 12.4. The molecule has 4 rings (SSSR count). The van der Waals surface area contributed by atoms with Crippen LogP contribution < -0.4 is 24.5 Å². The summed E-state index contributed by atoms with van der Waals surface area (Å²) in [7, 11) is 4.98. The van der Waals surface area contributed by atoms with Crippen LogP contribution in [0.5, 0.6) is 17.2 Å². The number of anilines is 1. The van der Waals surface area contributed by atoms with Gasteiger partial charge in [0, 0.05) is 41.2 Å². The molecule has 1 unspecified atom stereocenters. The van der Waals surface area contributed by atoms with Crippen LogP contribution in [-0.4, -0.2) is 40.0 Å². The molecule has 0 saturated carbocycles. The topological polar surface area (TPSA) is 72.4 Å². The second kappa shape index (κ2) is 11.2. The highest BCUT2D eigenvalue weighted by Gasteiger charge is 2.43. The third-order valence-electron chi connectivity index (χ3n) is 6.74. The molecule has 1 heterocycles. The fraction of sp³-hybridized carbons (Fsp3) is 0.267. The Morgan fingerprint density at radius 2 is 1.62 bits per heavy atom. The largest absolute Gasteiger partial charge is 0.497 e. The number of nitrogens with zero attached hydrogens (tertiary/aromatic N) is 2. The quantitative estimate of drug-likeness (QED) is 0.317. The lowest BCUT2D eigenvalue weighted by Crippen LogP contribution is -2.31. The fourth-order valence-corrected chi connectivity index (χ4v) is 4.92. The van der Waals surface area contributed by atoms with Gasteiger partial charge >= 0.3 is 0 Å². The Balaban J connectivity index is 1.73. The Bertz CT molecular complexity index is 1300. The molecule has 0 radical (unpaired) electrons. The maximum absolute atomic E-state index is 12.4. The summed E-state index contributed by atoms with van der Waals surface area (Å²) < 4.78 is 16.6. The van der Waals surface area contributed by atoms with Crippen molar-refractivity contribution in [1.29, 1.82) is 0 Å². The lowest BCUT2D eigenvalue weighted by atomic mass is 9.76. The molecule has 1 amide bonds. The number of benzene rings is 3. The Labute approximate surface area is 218 Å². The van der Waals surface area contributed by atoms with E-state index in [0.717, 1.165) is 46.3 Å². The van der Waals surface area contributed by atoms with Crippen molar-refractivity contribution in [2.75, 3.05) is 32.8 Å². The number of carbonyl (C=O) groups excluding carboxylic acids is 1. The second-order valence-corrected chi connectivity index (χ2v) is 8.99. The Morgan fingerprint density at radius 1 is 0.946 bits per heavy atom. The van der Waals surface area contributed by atoms with Crippen molar-refractivity contribution in [2.45, 2.75) is 25.7 Å². The first-order chi connectivity index (χ1) is 17.9. The number of hydrogen-bond acceptors (Lipinski definition) is 6. The molecular formula is C30H33N3O4. The van der Waals surface area contributed by atoms with E-state index in [4.69, 9.17) is 14.2 Å². The predicted molar refractivity (Wildman–Crippen MR) is 147 cm³/mol. The summed E-state index contributed by atoms with van der Waals surface area (Å²) >= 11 is 0. The summed E-state index contributed by atoms with van der Waals surface area (Å²) in [6.45, 7) is 5.11. The molecule has 37 heavy (non-hydrogen) atoms. The lowest BCUT2D eigenvalue weighted by Gasteiger charge is -2.30. The first-order valence-electron chi connectivity index (χ1n) is 12.2. The van der Waals surface area contributed by atoms with E-state index in [9.17, 15) is 4.79 Å². The monoisotopic (exact) mass is 499 g/mol. The molecule has 0 aromatic heterocycles. The van der Waals surface area contributed by atoms with E-state index in [0.29, 0.717) is 12.0 Å². The van der Waals surface area contributed by atoms with Gasteiger partial charge in [0.2, 0.25) is 0 Å². The van der Waals surface area contributed by atoms with E-state index in [1.165, 1.54) is 0 Å². The van der Waals surface area contributed by atoms with Crippen LogP contribution in [0.2, 0.25) is 0 Å². The number of amides is 1. The number of hydrazone groups is 1. The normalized spacial score (nSPS) is 17.6. The first-order valence-corrected chi connectivity index (χ1v) is 12.2. The molecule has 0 spiro atoms. The highest BCUT2D eigenvalue weighted by Crippen LogP contribution is 2.50. The van der Waals surface area contributed by atoms with Gasteiger partial charge in [0.15, 0.2) is 0 Å². The van der Waals surface area contributed by atoms with Gasteiger partial charge in [-0.05, 0) is 79.9 Å². The molecule has 0 bridgehead atoms. The molecule has 0 saturated heterocycles. The van der Waals surface area contributed by atoms with Crippen LogP contribution in [0.1, 0.15) is 35.3 Å². The van der Waals surface area contributed by atoms with E-state index >= 15 is 0 Å². The molecule has 3 aromatic carbocycles. The van der Waals surface area contributed by atoms with Gasteiger partial charge in [0.05, 0.1) is 21.3 Å². The molecule has 1 N–H and O–H groups in total. The minimum atomic E-state index is -0.410. The highest BCUT2D eigenvalue weighted by atomic mass is 16.5. The summed E-state index contributed by atoms with van der Waals surface area (Å²) in [4.78, 5) is 14.7. The summed E-state index contributed by atoms with van der Waals surface area (Å²) in [5, 5.41) is 4.21. The third-order valence-corrected chi connectivity index (χ3v) is 6.74. The Kier molecular flexibility index (Phi) is 7.82. The van der Waals surface area contributed by atoms with Gasteiger partial charge in [-0.2, -0.15) is 5.10 Å². The zero-order valence-electron chi connectivity index (χ0n) is 21.9. The minimum absolute atomic E-state index is 0.256. The van der Waals surface area contributed by atoms with E-state index < -0.39 is 5.41 Å². The molecule has 1 aliphatic rings. The van der Waals surface area contributed by atoms with Crippen molar-refractivity contribution in [3.8, 4) is 17.2 Å². The summed E-state index contributed by atoms with van der Waals surface area (Å²) in [5.74, 6) is 2.03. The Hall–Kier alpha value is -4.26. The van der Waals surface area contributed by atoms with Crippen LogP contribution in [-0.2, 0) is 11.8 Å². The van der Waals surface area contributed by atoms with Crippen molar-refractivity contribution < 1.29 is 19.0 Å². The molecule has 7 heteroatoms. The molecule has 1 aliphatic heterocycles. The average Bonchev–Trinajstić information content (AvgIpc) is 3.17. The van der Waals surface area contributed by atoms with Crippen molar-refractivity contribution >= 4 is 17.8 Å². The number of fused-ring (bicyclic) bond motifs is 1. The number of methoxy groups -OCH3 is 3. The van der Waals surface area contributed by atoms with Gasteiger partial charge in [0.25, 0.3) is 5.91 Å². The number of hydrogen-bond donors (Lipinski definition) is 1. The Morgan fingerprint density at radius 3 is 2.24 bits per heavy atom. The second-order valence-electron chi connectivity index (χ2n) is 8.99. The highest BCUT2D eigenvalue weighted by molar-refractivity contribution is 5.94. The minimum Gasteiger partial charge on any atom is -0.497 e. The number of rotatable bonds is 9. The standard InChI is InChI=1S/C30H33N3O4/c1-6-33-27-13-12-23(35-3)19-26(27)30(2,20-21-16-24(36-4)18-25(17-21)37-5)28(33)14-15-31-32-29(34)22-10-8-7-9-11-22/h7-19H,6,20H2,1-5H3,(H,32,34)/b28-14-,31-15+. The van der Waals surface area contributed by atoms with Crippen LogP contribution >= 0.6 is 0 Å². The predicted octanol–water partition coefficient (Wildman–Crippen LogP) is 5.35. The van der Waals surface area contributed by atoms with Gasteiger partial charge < -0.3 is 19.1 Å². The van der Waals surface area contributed by atoms with Gasteiger partial charge in [-0.1, -0.05) is 18.2 Å². The van der Waals surface area contributed by atoms with Gasteiger partial charge in [0.1, 0.15) is 17.2 Å². The molecular weight excluding hydrogens is 466 g/mol. The van der Waals surface area contributed by atoms with Crippen LogP contribution in [0, 0.1) is 0 Å². The smallest absolute Gasteiger partial charge is 0.271 e. The number of nitrogens with one attached hydrogen (secondary N) is 1. The van der Waals surface area contributed by atoms with E-state index in [1.54, 1.807) is 39.7 Å². The lowest BCUT2D eigenvalue weighted by molar-refractivity contribution is 0.0955. The van der Waals surface area contributed by atoms with Gasteiger partial charge in [-0.15, -0.1) is 0 Å². The SMILES string of the molecule is CCN1/C(=C\C=N\NC(=O)c2ccccc2)C(C)(Cc2cc(OC)cc(OC)c2)c2cc(OC)ccc21. The fourth-order valence-electron chi connectivity index (χ4n) is 4.92. The van der Waals surface area contributed by atoms with Crippen LogP contribution in [0.3, 0.4) is 0 Å². The van der Waals surface area contributed by atoms with E-state index in [-0.39, 0.29) is 5.91 Å². The first kappa shape index (κ1) is 25.8. The number of likely N-dealkylation sites (N-methyl/N-ethyl adjacent to an activating group) is 1. The van der Waals surface area contributed by atoms with Crippen molar-refractivity contribution in [3.05, 3.63) is 95.2 Å². The van der Waals surface area contributed by atoms with Gasteiger partial charge in [-0.3, -0.25) is 4.79 Å².